The van der Waals surface area contributed by atoms with Crippen LogP contribution < -0.4 is 10.2 Å². The summed E-state index contributed by atoms with van der Waals surface area (Å²) in [5.41, 5.74) is 2.60. The Labute approximate surface area is 192 Å². The van der Waals surface area contributed by atoms with Gasteiger partial charge in [0, 0.05) is 6.54 Å². The van der Waals surface area contributed by atoms with E-state index in [9.17, 15) is 9.59 Å². The van der Waals surface area contributed by atoms with Gasteiger partial charge < -0.3 is 14.1 Å². The number of rotatable bonds is 7. The normalized spacial score (nSPS) is 15.1. The predicted molar refractivity (Wildman–Crippen MR) is 127 cm³/mol. The maximum Gasteiger partial charge on any atom is 0.290 e. The molecule has 5 heteroatoms. The van der Waals surface area contributed by atoms with E-state index in [2.05, 4.69) is 6.92 Å². The van der Waals surface area contributed by atoms with E-state index in [1.165, 1.54) is 0 Å². The van der Waals surface area contributed by atoms with Crippen LogP contribution in [0.25, 0.3) is 11.0 Å². The van der Waals surface area contributed by atoms with Crippen molar-refractivity contribution in [3.8, 4) is 5.75 Å². The first-order chi connectivity index (χ1) is 16.2. The minimum Gasteiger partial charge on any atom is -0.489 e. The number of hydrogen-bond donors (Lipinski definition) is 0. The van der Waals surface area contributed by atoms with Crippen LogP contribution in [0.3, 0.4) is 0 Å². The van der Waals surface area contributed by atoms with Crippen molar-refractivity contribution in [1.29, 1.82) is 0 Å². The van der Waals surface area contributed by atoms with E-state index in [0.717, 1.165) is 24.0 Å². The lowest BCUT2D eigenvalue weighted by atomic mass is 9.98. The van der Waals surface area contributed by atoms with Gasteiger partial charge in [0.15, 0.2) is 5.43 Å². The summed E-state index contributed by atoms with van der Waals surface area (Å²) in [4.78, 5) is 28.6. The summed E-state index contributed by atoms with van der Waals surface area (Å²) in [6.45, 7) is 3.07. The van der Waals surface area contributed by atoms with Crippen molar-refractivity contribution in [1.82, 2.24) is 4.90 Å². The van der Waals surface area contributed by atoms with Crippen LogP contribution in [0.2, 0.25) is 0 Å². The first-order valence-electron chi connectivity index (χ1n) is 11.3. The Morgan fingerprint density at radius 2 is 1.73 bits per heavy atom. The lowest BCUT2D eigenvalue weighted by molar-refractivity contribution is 0.0725. The minimum absolute atomic E-state index is 0.149. The van der Waals surface area contributed by atoms with E-state index in [1.807, 2.05) is 60.7 Å². The zero-order chi connectivity index (χ0) is 22.8. The first kappa shape index (κ1) is 21.0. The van der Waals surface area contributed by atoms with Crippen LogP contribution >= 0.6 is 0 Å². The van der Waals surface area contributed by atoms with Crippen LogP contribution in [0.1, 0.15) is 53.1 Å². The summed E-state index contributed by atoms with van der Waals surface area (Å²) in [6, 6.07) is 24.2. The van der Waals surface area contributed by atoms with Crippen molar-refractivity contribution in [2.24, 2.45) is 0 Å². The highest BCUT2D eigenvalue weighted by Gasteiger charge is 2.42. The van der Waals surface area contributed by atoms with E-state index in [1.54, 1.807) is 23.1 Å². The van der Waals surface area contributed by atoms with Crippen LogP contribution in [0.15, 0.2) is 88.1 Å². The van der Waals surface area contributed by atoms with E-state index < -0.39 is 6.04 Å². The van der Waals surface area contributed by atoms with E-state index in [-0.39, 0.29) is 17.1 Å². The minimum atomic E-state index is -0.500. The van der Waals surface area contributed by atoms with Crippen molar-refractivity contribution in [3.63, 3.8) is 0 Å². The molecule has 0 bridgehead atoms. The fraction of sp³-hybridized carbons (Fsp3) is 0.214. The number of ether oxygens (including phenoxy) is 1. The molecular formula is C28H25NO4. The van der Waals surface area contributed by atoms with Crippen molar-refractivity contribution in [3.05, 3.63) is 112 Å². The summed E-state index contributed by atoms with van der Waals surface area (Å²) in [6.07, 6.45) is 1.78. The molecule has 0 N–H and O–H groups in total. The third kappa shape index (κ3) is 3.91. The number of fused-ring (bicyclic) bond motifs is 2. The monoisotopic (exact) mass is 439 g/mol. The number of unbranched alkanes of at least 4 members (excludes halogenated alkanes) is 1. The van der Waals surface area contributed by atoms with Gasteiger partial charge in [-0.05, 0) is 41.8 Å². The Morgan fingerprint density at radius 1 is 0.939 bits per heavy atom. The molecular weight excluding hydrogens is 414 g/mol. The Morgan fingerprint density at radius 3 is 2.55 bits per heavy atom. The van der Waals surface area contributed by atoms with Gasteiger partial charge in [-0.3, -0.25) is 9.59 Å². The van der Waals surface area contributed by atoms with Gasteiger partial charge in [-0.15, -0.1) is 0 Å². The number of carbonyl (C=O) groups excluding carboxylic acids is 1. The van der Waals surface area contributed by atoms with Gasteiger partial charge in [0.1, 0.15) is 17.9 Å². The molecule has 4 aromatic rings. The first-order valence-corrected chi connectivity index (χ1v) is 11.3. The van der Waals surface area contributed by atoms with Crippen molar-refractivity contribution < 1.29 is 13.9 Å². The summed E-state index contributed by atoms with van der Waals surface area (Å²) >= 11 is 0. The molecule has 0 spiro atoms. The molecule has 5 rings (SSSR count). The second-order valence-electron chi connectivity index (χ2n) is 8.27. The average Bonchev–Trinajstić information content (AvgIpc) is 3.14. The second-order valence-corrected chi connectivity index (χ2v) is 8.27. The fourth-order valence-electron chi connectivity index (χ4n) is 4.39. The third-order valence-electron chi connectivity index (χ3n) is 6.05. The largest absolute Gasteiger partial charge is 0.489 e. The average molecular weight is 440 g/mol. The van der Waals surface area contributed by atoms with Crippen molar-refractivity contribution in [2.45, 2.75) is 32.4 Å². The van der Waals surface area contributed by atoms with E-state index in [0.29, 0.717) is 35.4 Å². The Hall–Kier alpha value is -3.86. The van der Waals surface area contributed by atoms with Crippen LogP contribution in [0.5, 0.6) is 5.75 Å². The van der Waals surface area contributed by atoms with E-state index >= 15 is 0 Å². The lowest BCUT2D eigenvalue weighted by Gasteiger charge is -2.25. The van der Waals surface area contributed by atoms with Crippen molar-refractivity contribution in [2.75, 3.05) is 6.54 Å². The van der Waals surface area contributed by atoms with Gasteiger partial charge in [0.2, 0.25) is 5.76 Å². The molecule has 0 saturated heterocycles. The highest BCUT2D eigenvalue weighted by Crippen LogP contribution is 2.39. The molecule has 5 nitrogen and oxygen atoms in total. The van der Waals surface area contributed by atoms with Crippen LogP contribution in [0.4, 0.5) is 0 Å². The zero-order valence-electron chi connectivity index (χ0n) is 18.5. The number of carbonyl (C=O) groups is 1. The molecule has 1 atom stereocenters. The van der Waals surface area contributed by atoms with Gasteiger partial charge in [0.25, 0.3) is 5.91 Å². The third-order valence-corrected chi connectivity index (χ3v) is 6.05. The molecule has 1 aromatic heterocycles. The number of benzene rings is 3. The molecule has 1 aliphatic heterocycles. The number of para-hydroxylation sites is 1. The summed E-state index contributed by atoms with van der Waals surface area (Å²) in [7, 11) is 0. The zero-order valence-corrected chi connectivity index (χ0v) is 18.5. The van der Waals surface area contributed by atoms with Gasteiger partial charge in [-0.25, -0.2) is 0 Å². The Balaban J connectivity index is 1.57. The standard InChI is InChI=1S/C28H25NO4/c1-2-3-16-29-25(20-12-9-13-21(17-20)32-18-19-10-5-4-6-11-19)24-26(30)22-14-7-8-15-23(22)33-27(24)28(29)31/h4-15,17,25H,2-3,16,18H2,1H3/t25-/m0/s1. The number of amides is 1. The highest BCUT2D eigenvalue weighted by molar-refractivity contribution is 5.99. The maximum atomic E-state index is 13.5. The van der Waals surface area contributed by atoms with Gasteiger partial charge in [0.05, 0.1) is 17.0 Å². The van der Waals surface area contributed by atoms with E-state index in [4.69, 9.17) is 9.15 Å². The summed E-state index contributed by atoms with van der Waals surface area (Å²) < 4.78 is 12.0. The molecule has 1 amide bonds. The maximum absolute atomic E-state index is 13.5. The molecule has 33 heavy (non-hydrogen) atoms. The van der Waals surface area contributed by atoms with Gasteiger partial charge in [-0.1, -0.05) is 67.9 Å². The van der Waals surface area contributed by atoms with Crippen LogP contribution in [-0.2, 0) is 6.61 Å². The SMILES string of the molecule is CCCCN1C(=O)c2oc3ccccc3c(=O)c2[C@@H]1c1cccc(OCc2ccccc2)c1. The molecule has 0 aliphatic carbocycles. The molecule has 1 aliphatic rings. The molecule has 166 valence electrons. The molecule has 0 fully saturated rings. The molecule has 2 heterocycles. The van der Waals surface area contributed by atoms with Crippen molar-refractivity contribution >= 4 is 16.9 Å². The van der Waals surface area contributed by atoms with Crippen LogP contribution in [0, 0.1) is 0 Å². The molecule has 3 aromatic carbocycles. The quantitative estimate of drug-likeness (QED) is 0.370. The topological polar surface area (TPSA) is 59.8 Å². The molecule has 0 unspecified atom stereocenters. The second kappa shape index (κ2) is 8.94. The number of nitrogens with zero attached hydrogens (tertiary/aromatic N) is 1. The smallest absolute Gasteiger partial charge is 0.290 e. The highest BCUT2D eigenvalue weighted by atomic mass is 16.5. The summed E-state index contributed by atoms with van der Waals surface area (Å²) in [5.74, 6) is 0.607. The van der Waals surface area contributed by atoms with Gasteiger partial charge in [-0.2, -0.15) is 0 Å². The Bertz CT molecular complexity index is 1360. The fourth-order valence-corrected chi connectivity index (χ4v) is 4.39. The molecule has 0 radical (unpaired) electrons. The van der Waals surface area contributed by atoms with Crippen LogP contribution in [-0.4, -0.2) is 17.4 Å². The Kier molecular flexibility index (Phi) is 5.69. The number of hydrogen-bond acceptors (Lipinski definition) is 4. The van der Waals surface area contributed by atoms with Gasteiger partial charge >= 0.3 is 0 Å². The molecule has 0 saturated carbocycles. The lowest BCUT2D eigenvalue weighted by Crippen LogP contribution is -2.30. The summed E-state index contributed by atoms with van der Waals surface area (Å²) in [5, 5.41) is 0.489. The predicted octanol–water partition coefficient (Wildman–Crippen LogP) is 5.72.